The molecule has 1 heterocycles. The van der Waals surface area contributed by atoms with Crippen LogP contribution in [0.1, 0.15) is 27.0 Å². The number of ether oxygens (including phenoxy) is 1. The molecule has 0 aliphatic rings. The molecule has 0 radical (unpaired) electrons. The molecule has 1 aromatic carbocycles. The SMILES string of the molecule is CCc1sc(C(=O)OCC(=O)Nc2cccc([N+](=O)[O-])c2)cc1C. The van der Waals surface area contributed by atoms with E-state index in [0.717, 1.165) is 16.9 Å². The highest BCUT2D eigenvalue weighted by Crippen LogP contribution is 2.23. The Morgan fingerprint density at radius 1 is 1.33 bits per heavy atom. The van der Waals surface area contributed by atoms with Gasteiger partial charge in [-0.2, -0.15) is 0 Å². The normalized spacial score (nSPS) is 10.2. The number of thiophene rings is 1. The number of non-ortho nitro benzene ring substituents is 1. The minimum absolute atomic E-state index is 0.133. The number of aryl methyl sites for hydroxylation is 2. The van der Waals surface area contributed by atoms with Crippen molar-refractivity contribution in [2.45, 2.75) is 20.3 Å². The summed E-state index contributed by atoms with van der Waals surface area (Å²) in [6.07, 6.45) is 0.830. The van der Waals surface area contributed by atoms with E-state index in [4.69, 9.17) is 4.74 Å². The third kappa shape index (κ3) is 4.39. The summed E-state index contributed by atoms with van der Waals surface area (Å²) < 4.78 is 4.98. The number of amides is 1. The van der Waals surface area contributed by atoms with Gasteiger partial charge < -0.3 is 10.1 Å². The van der Waals surface area contributed by atoms with Gasteiger partial charge in [-0.3, -0.25) is 14.9 Å². The lowest BCUT2D eigenvalue weighted by Gasteiger charge is -2.05. The number of anilines is 1. The van der Waals surface area contributed by atoms with E-state index in [2.05, 4.69) is 5.32 Å². The largest absolute Gasteiger partial charge is 0.451 e. The lowest BCUT2D eigenvalue weighted by molar-refractivity contribution is -0.384. The van der Waals surface area contributed by atoms with Crippen LogP contribution in [-0.4, -0.2) is 23.4 Å². The Bertz CT molecular complexity index is 785. The summed E-state index contributed by atoms with van der Waals surface area (Å²) >= 11 is 1.35. The minimum Gasteiger partial charge on any atom is -0.451 e. The molecule has 0 spiro atoms. The molecule has 0 saturated heterocycles. The maximum Gasteiger partial charge on any atom is 0.348 e. The molecule has 0 saturated carbocycles. The van der Waals surface area contributed by atoms with Crippen LogP contribution in [0.5, 0.6) is 0 Å². The van der Waals surface area contributed by atoms with Gasteiger partial charge in [0.25, 0.3) is 11.6 Å². The van der Waals surface area contributed by atoms with Crippen LogP contribution in [-0.2, 0) is 16.0 Å². The molecule has 0 aliphatic heterocycles. The zero-order valence-corrected chi connectivity index (χ0v) is 14.0. The number of hydrogen-bond donors (Lipinski definition) is 1. The highest BCUT2D eigenvalue weighted by atomic mass is 32.1. The first-order valence-electron chi connectivity index (χ1n) is 7.21. The van der Waals surface area contributed by atoms with Crippen molar-refractivity contribution in [3.63, 3.8) is 0 Å². The number of nitro benzene ring substituents is 1. The van der Waals surface area contributed by atoms with E-state index in [0.29, 0.717) is 4.88 Å². The topological polar surface area (TPSA) is 98.5 Å². The Balaban J connectivity index is 1.91. The lowest BCUT2D eigenvalue weighted by atomic mass is 10.2. The van der Waals surface area contributed by atoms with Gasteiger partial charge >= 0.3 is 5.97 Å². The predicted octanol–water partition coefficient (Wildman–Crippen LogP) is 3.32. The fourth-order valence-corrected chi connectivity index (χ4v) is 3.08. The van der Waals surface area contributed by atoms with E-state index in [1.54, 1.807) is 6.07 Å². The monoisotopic (exact) mass is 348 g/mol. The Morgan fingerprint density at radius 3 is 2.71 bits per heavy atom. The van der Waals surface area contributed by atoms with Gasteiger partial charge in [0.15, 0.2) is 6.61 Å². The number of esters is 1. The van der Waals surface area contributed by atoms with E-state index in [1.165, 1.54) is 35.6 Å². The maximum absolute atomic E-state index is 11.9. The molecule has 2 aromatic rings. The molecule has 0 bridgehead atoms. The number of hydrogen-bond acceptors (Lipinski definition) is 6. The van der Waals surface area contributed by atoms with E-state index < -0.39 is 23.4 Å². The molecular formula is C16H16N2O5S. The highest BCUT2D eigenvalue weighted by molar-refractivity contribution is 7.14. The first kappa shape index (κ1) is 17.6. The van der Waals surface area contributed by atoms with Crippen LogP contribution in [0.2, 0.25) is 0 Å². The number of nitro groups is 1. The van der Waals surface area contributed by atoms with Crippen molar-refractivity contribution in [3.05, 3.63) is 55.8 Å². The molecule has 0 unspecified atom stereocenters. The van der Waals surface area contributed by atoms with Crippen LogP contribution in [0, 0.1) is 17.0 Å². The zero-order chi connectivity index (χ0) is 17.7. The summed E-state index contributed by atoms with van der Waals surface area (Å²) in [7, 11) is 0. The van der Waals surface area contributed by atoms with Crippen molar-refractivity contribution in [1.82, 2.24) is 0 Å². The second-order valence-electron chi connectivity index (χ2n) is 5.00. The van der Waals surface area contributed by atoms with Gasteiger partial charge in [0.05, 0.1) is 4.92 Å². The van der Waals surface area contributed by atoms with Gasteiger partial charge in [-0.05, 0) is 31.0 Å². The van der Waals surface area contributed by atoms with Gasteiger partial charge in [-0.25, -0.2) is 4.79 Å². The Morgan fingerprint density at radius 2 is 2.08 bits per heavy atom. The average Bonchev–Trinajstić information content (AvgIpc) is 2.94. The van der Waals surface area contributed by atoms with Crippen molar-refractivity contribution in [2.75, 3.05) is 11.9 Å². The third-order valence-electron chi connectivity index (χ3n) is 3.22. The average molecular weight is 348 g/mol. The van der Waals surface area contributed by atoms with E-state index >= 15 is 0 Å². The molecule has 1 N–H and O–H groups in total. The summed E-state index contributed by atoms with van der Waals surface area (Å²) in [6, 6.07) is 7.27. The Kier molecular flexibility index (Phi) is 5.64. The second-order valence-corrected chi connectivity index (χ2v) is 6.14. The Labute approximate surface area is 142 Å². The van der Waals surface area contributed by atoms with Gasteiger partial charge in [0, 0.05) is 22.7 Å². The van der Waals surface area contributed by atoms with Crippen LogP contribution in [0.15, 0.2) is 30.3 Å². The standard InChI is InChI=1S/C16H16N2O5S/c1-3-13-10(2)7-14(24-13)16(20)23-9-15(19)17-11-5-4-6-12(8-11)18(21)22/h4-8H,3,9H2,1-2H3,(H,17,19). The fraction of sp³-hybridized carbons (Fsp3) is 0.250. The van der Waals surface area contributed by atoms with Crippen LogP contribution >= 0.6 is 11.3 Å². The number of rotatable bonds is 6. The quantitative estimate of drug-likeness (QED) is 0.490. The smallest absolute Gasteiger partial charge is 0.348 e. The lowest BCUT2D eigenvalue weighted by Crippen LogP contribution is -2.20. The molecule has 24 heavy (non-hydrogen) atoms. The van der Waals surface area contributed by atoms with Gasteiger partial charge in [0.1, 0.15) is 4.88 Å². The summed E-state index contributed by atoms with van der Waals surface area (Å²) in [5.74, 6) is -1.12. The molecule has 0 fully saturated rings. The van der Waals surface area contributed by atoms with Gasteiger partial charge in [0.2, 0.25) is 0 Å². The zero-order valence-electron chi connectivity index (χ0n) is 13.2. The van der Waals surface area contributed by atoms with E-state index in [9.17, 15) is 19.7 Å². The maximum atomic E-state index is 11.9. The number of benzene rings is 1. The van der Waals surface area contributed by atoms with Crippen LogP contribution in [0.4, 0.5) is 11.4 Å². The fourth-order valence-electron chi connectivity index (χ4n) is 2.07. The highest BCUT2D eigenvalue weighted by Gasteiger charge is 2.15. The first-order chi connectivity index (χ1) is 11.4. The number of carbonyl (C=O) groups excluding carboxylic acids is 2. The molecule has 0 atom stereocenters. The van der Waals surface area contributed by atoms with Crippen molar-refractivity contribution in [3.8, 4) is 0 Å². The molecule has 8 heteroatoms. The van der Waals surface area contributed by atoms with Crippen LogP contribution in [0.3, 0.4) is 0 Å². The summed E-state index contributed by atoms with van der Waals surface area (Å²) in [4.78, 5) is 35.4. The van der Waals surface area contributed by atoms with Gasteiger partial charge in [-0.15, -0.1) is 11.3 Å². The Hall–Kier alpha value is -2.74. The number of nitrogens with zero attached hydrogens (tertiary/aromatic N) is 1. The molecular weight excluding hydrogens is 332 g/mol. The van der Waals surface area contributed by atoms with Gasteiger partial charge in [-0.1, -0.05) is 13.0 Å². The van der Waals surface area contributed by atoms with E-state index in [1.807, 2.05) is 13.8 Å². The summed E-state index contributed by atoms with van der Waals surface area (Å²) in [6.45, 7) is 3.46. The predicted molar refractivity (Wildman–Crippen MR) is 90.4 cm³/mol. The number of nitrogens with one attached hydrogen (secondary N) is 1. The molecule has 1 amide bonds. The molecule has 7 nitrogen and oxygen atoms in total. The summed E-state index contributed by atoms with van der Waals surface area (Å²) in [5, 5.41) is 13.1. The molecule has 1 aromatic heterocycles. The van der Waals surface area contributed by atoms with Crippen LogP contribution < -0.4 is 5.32 Å². The third-order valence-corrected chi connectivity index (χ3v) is 4.58. The van der Waals surface area contributed by atoms with E-state index in [-0.39, 0.29) is 11.4 Å². The second kappa shape index (κ2) is 7.69. The van der Waals surface area contributed by atoms with Crippen molar-refractivity contribution >= 4 is 34.6 Å². The van der Waals surface area contributed by atoms with Crippen molar-refractivity contribution in [1.29, 1.82) is 0 Å². The first-order valence-corrected chi connectivity index (χ1v) is 8.03. The molecule has 0 aliphatic carbocycles. The minimum atomic E-state index is -0.562. The molecule has 2 rings (SSSR count). The number of carbonyl (C=O) groups is 2. The van der Waals surface area contributed by atoms with Crippen molar-refractivity contribution in [2.24, 2.45) is 0 Å². The summed E-state index contributed by atoms with van der Waals surface area (Å²) in [5.41, 5.74) is 1.16. The molecule has 126 valence electrons. The van der Waals surface area contributed by atoms with Crippen molar-refractivity contribution < 1.29 is 19.2 Å². The van der Waals surface area contributed by atoms with Crippen LogP contribution in [0.25, 0.3) is 0 Å².